The number of benzene rings is 1. The minimum Gasteiger partial charge on any atom is -0.356 e. The number of aromatic amines is 1. The number of rotatable bonds is 5. The van der Waals surface area contributed by atoms with E-state index in [1.807, 2.05) is 42.5 Å². The molecule has 3 N–H and O–H groups in total. The van der Waals surface area contributed by atoms with E-state index < -0.39 is 0 Å². The Balaban J connectivity index is 1.56. The number of nitrogens with zero attached hydrogens (tertiary/aromatic N) is 2. The number of H-pyrrole nitrogens is 1. The predicted octanol–water partition coefficient (Wildman–Crippen LogP) is 5.68. The number of Topliss-reactive ketones (excluding diaryl/α,β-unsaturated/α-hetero) is 1. The number of pyridine rings is 1. The zero-order valence-corrected chi connectivity index (χ0v) is 19.1. The van der Waals surface area contributed by atoms with Gasteiger partial charge in [0.2, 0.25) is 0 Å². The predicted molar refractivity (Wildman–Crippen MR) is 130 cm³/mol. The first-order valence-electron chi connectivity index (χ1n) is 10.7. The maximum absolute atomic E-state index is 13.2. The first-order chi connectivity index (χ1) is 15.9. The number of carbonyl (C=O) groups is 2. The number of hydrogen-bond acceptors (Lipinski definition) is 6. The second-order valence-corrected chi connectivity index (χ2v) is 9.80. The minimum absolute atomic E-state index is 0.109. The molecule has 3 aromatic heterocycles. The number of nitrogens with one attached hydrogen (secondary N) is 3. The summed E-state index contributed by atoms with van der Waals surface area (Å²) in [5.74, 6) is 0.290. The molecule has 0 fully saturated rings. The average Bonchev–Trinajstić information content (AvgIpc) is 3.43. The number of hydrogen-bond donors (Lipinski definition) is 3. The standard InChI is InChI=1S/C25H23N5O2S/c1-25(2)11-17-21(18(31)12-25)23(28-16-6-4-3-5-7-16)22(29-17)15-8-9-27-20(10-15)30-24(32)19-13-26-14-33-19/h3-10,13-14,28-29H,11-12H2,1-2H3,(H,27,30,32). The lowest BCUT2D eigenvalue weighted by molar-refractivity contribution is 0.0912. The van der Waals surface area contributed by atoms with Gasteiger partial charge in [-0.05, 0) is 36.1 Å². The number of ketones is 1. The fourth-order valence-electron chi connectivity index (χ4n) is 4.22. The molecule has 0 unspecified atom stereocenters. The van der Waals surface area contributed by atoms with E-state index in [0.29, 0.717) is 22.7 Å². The van der Waals surface area contributed by atoms with Gasteiger partial charge in [0.25, 0.3) is 5.91 Å². The highest BCUT2D eigenvalue weighted by Crippen LogP contribution is 2.43. The van der Waals surface area contributed by atoms with Gasteiger partial charge in [-0.1, -0.05) is 32.0 Å². The second kappa shape index (κ2) is 8.29. The number of thiazole rings is 1. The molecule has 0 atom stereocenters. The van der Waals surface area contributed by atoms with E-state index in [2.05, 4.69) is 39.4 Å². The summed E-state index contributed by atoms with van der Waals surface area (Å²) < 4.78 is 0. The zero-order valence-electron chi connectivity index (χ0n) is 18.3. The molecule has 7 nitrogen and oxygen atoms in total. The molecule has 166 valence electrons. The van der Waals surface area contributed by atoms with Gasteiger partial charge < -0.3 is 15.6 Å². The summed E-state index contributed by atoms with van der Waals surface area (Å²) in [7, 11) is 0. The van der Waals surface area contributed by atoms with E-state index in [9.17, 15) is 9.59 Å². The fraction of sp³-hybridized carbons (Fsp3) is 0.200. The summed E-state index contributed by atoms with van der Waals surface area (Å²) >= 11 is 1.27. The Morgan fingerprint density at radius 1 is 1.15 bits per heavy atom. The average molecular weight is 458 g/mol. The van der Waals surface area contributed by atoms with Gasteiger partial charge in [0, 0.05) is 29.6 Å². The Bertz CT molecular complexity index is 1330. The molecule has 33 heavy (non-hydrogen) atoms. The van der Waals surface area contributed by atoms with Crippen molar-refractivity contribution in [2.75, 3.05) is 10.6 Å². The van der Waals surface area contributed by atoms with Crippen LogP contribution in [0.5, 0.6) is 0 Å². The van der Waals surface area contributed by atoms with Crippen LogP contribution < -0.4 is 10.6 Å². The van der Waals surface area contributed by atoms with Crippen LogP contribution >= 0.6 is 11.3 Å². The first-order valence-corrected chi connectivity index (χ1v) is 11.5. The molecule has 0 saturated carbocycles. The molecule has 0 aliphatic heterocycles. The van der Waals surface area contributed by atoms with Crippen molar-refractivity contribution >= 4 is 40.2 Å². The Hall–Kier alpha value is -3.78. The van der Waals surface area contributed by atoms with E-state index >= 15 is 0 Å². The number of fused-ring (bicyclic) bond motifs is 1. The Morgan fingerprint density at radius 2 is 1.97 bits per heavy atom. The zero-order chi connectivity index (χ0) is 23.0. The molecule has 1 aromatic carbocycles. The summed E-state index contributed by atoms with van der Waals surface area (Å²) in [5.41, 5.74) is 6.41. The smallest absolute Gasteiger partial charge is 0.268 e. The second-order valence-electron chi connectivity index (χ2n) is 8.91. The molecule has 1 aliphatic rings. The topological polar surface area (TPSA) is 99.8 Å². The Morgan fingerprint density at radius 3 is 2.73 bits per heavy atom. The van der Waals surface area contributed by atoms with Crippen LogP contribution in [0.3, 0.4) is 0 Å². The van der Waals surface area contributed by atoms with Crippen LogP contribution in [-0.4, -0.2) is 26.6 Å². The number of aromatic nitrogens is 3. The van der Waals surface area contributed by atoms with Crippen molar-refractivity contribution in [1.82, 2.24) is 15.0 Å². The van der Waals surface area contributed by atoms with Crippen LogP contribution in [0.4, 0.5) is 17.2 Å². The number of para-hydroxylation sites is 1. The lowest BCUT2D eigenvalue weighted by Crippen LogP contribution is -2.26. The van der Waals surface area contributed by atoms with Crippen molar-refractivity contribution < 1.29 is 9.59 Å². The van der Waals surface area contributed by atoms with Crippen LogP contribution in [-0.2, 0) is 6.42 Å². The molecule has 1 aliphatic carbocycles. The van der Waals surface area contributed by atoms with Crippen LogP contribution in [0, 0.1) is 5.41 Å². The van der Waals surface area contributed by atoms with Gasteiger partial charge in [-0.2, -0.15) is 0 Å². The summed E-state index contributed by atoms with van der Waals surface area (Å²) in [6, 6.07) is 13.5. The normalized spacial score (nSPS) is 14.5. The van der Waals surface area contributed by atoms with E-state index in [1.54, 1.807) is 11.7 Å². The SMILES string of the molecule is CC1(C)CC(=O)c2c([nH]c(-c3ccnc(NC(=O)c4cncs4)c3)c2Nc2ccccc2)C1. The highest BCUT2D eigenvalue weighted by molar-refractivity contribution is 7.11. The van der Waals surface area contributed by atoms with Crippen molar-refractivity contribution in [3.05, 3.63) is 76.5 Å². The molecule has 1 amide bonds. The third kappa shape index (κ3) is 4.29. The number of anilines is 3. The minimum atomic E-state index is -0.257. The maximum Gasteiger partial charge on any atom is 0.268 e. The lowest BCUT2D eigenvalue weighted by atomic mass is 9.76. The van der Waals surface area contributed by atoms with Gasteiger partial charge in [-0.15, -0.1) is 11.3 Å². The lowest BCUT2D eigenvalue weighted by Gasteiger charge is -2.28. The van der Waals surface area contributed by atoms with Crippen molar-refractivity contribution in [2.45, 2.75) is 26.7 Å². The van der Waals surface area contributed by atoms with E-state index in [0.717, 1.165) is 34.7 Å². The fourth-order valence-corrected chi connectivity index (χ4v) is 4.74. The van der Waals surface area contributed by atoms with Crippen LogP contribution in [0.2, 0.25) is 0 Å². The quantitative estimate of drug-likeness (QED) is 0.358. The first kappa shape index (κ1) is 21.1. The van der Waals surface area contributed by atoms with Gasteiger partial charge in [-0.25, -0.2) is 4.98 Å². The molecule has 0 radical (unpaired) electrons. The van der Waals surface area contributed by atoms with Gasteiger partial charge in [0.15, 0.2) is 5.78 Å². The summed E-state index contributed by atoms with van der Waals surface area (Å²) in [6.07, 6.45) is 4.44. The monoisotopic (exact) mass is 457 g/mol. The maximum atomic E-state index is 13.2. The third-order valence-corrected chi connectivity index (χ3v) is 6.41. The van der Waals surface area contributed by atoms with E-state index in [1.165, 1.54) is 17.5 Å². The molecular formula is C25H23N5O2S. The molecule has 0 spiro atoms. The highest BCUT2D eigenvalue weighted by Gasteiger charge is 2.35. The summed E-state index contributed by atoms with van der Waals surface area (Å²) in [6.45, 7) is 4.22. The van der Waals surface area contributed by atoms with Gasteiger partial charge >= 0.3 is 0 Å². The summed E-state index contributed by atoms with van der Waals surface area (Å²) in [5, 5.41) is 6.28. The molecule has 0 bridgehead atoms. The molecule has 0 saturated heterocycles. The van der Waals surface area contributed by atoms with E-state index in [-0.39, 0.29) is 17.1 Å². The largest absolute Gasteiger partial charge is 0.356 e. The highest BCUT2D eigenvalue weighted by atomic mass is 32.1. The molecule has 4 aromatic rings. The van der Waals surface area contributed by atoms with Crippen molar-refractivity contribution in [1.29, 1.82) is 0 Å². The number of carbonyl (C=O) groups excluding carboxylic acids is 2. The van der Waals surface area contributed by atoms with Crippen LogP contribution in [0.25, 0.3) is 11.3 Å². The van der Waals surface area contributed by atoms with Crippen molar-refractivity contribution in [3.8, 4) is 11.3 Å². The molecule has 8 heteroatoms. The van der Waals surface area contributed by atoms with Crippen molar-refractivity contribution in [2.24, 2.45) is 5.41 Å². The van der Waals surface area contributed by atoms with Crippen LogP contribution in [0.15, 0.2) is 60.4 Å². The third-order valence-electron chi connectivity index (χ3n) is 5.64. The Kier molecular flexibility index (Phi) is 5.30. The molecule has 3 heterocycles. The molecular weight excluding hydrogens is 434 g/mol. The van der Waals surface area contributed by atoms with Gasteiger partial charge in [0.1, 0.15) is 10.7 Å². The number of amides is 1. The van der Waals surface area contributed by atoms with E-state index in [4.69, 9.17) is 0 Å². The van der Waals surface area contributed by atoms with Gasteiger partial charge in [-0.3, -0.25) is 14.6 Å². The van der Waals surface area contributed by atoms with Gasteiger partial charge in [0.05, 0.1) is 28.7 Å². The molecule has 5 rings (SSSR count). The Labute approximate surface area is 195 Å². The van der Waals surface area contributed by atoms with Crippen molar-refractivity contribution in [3.63, 3.8) is 0 Å². The van der Waals surface area contributed by atoms with Crippen LogP contribution in [0.1, 0.15) is 46.0 Å². The summed E-state index contributed by atoms with van der Waals surface area (Å²) in [4.78, 5) is 37.9.